The molecule has 2 aromatic heterocycles. The van der Waals surface area contributed by atoms with E-state index in [0.29, 0.717) is 12.2 Å². The number of alkyl halides is 3. The molecule has 3 N–H and O–H groups in total. The smallest absolute Gasteiger partial charge is 0.449 e. The molecule has 0 fully saturated rings. The number of hydrogen-bond acceptors (Lipinski definition) is 4. The minimum Gasteiger partial charge on any atom is -0.456 e. The largest absolute Gasteiger partial charge is 0.456 e. The van der Waals surface area contributed by atoms with Gasteiger partial charge in [0.05, 0.1) is 12.0 Å². The molecule has 0 aliphatic carbocycles. The highest BCUT2D eigenvalue weighted by Crippen LogP contribution is 2.34. The molecule has 3 rings (SSSR count). The van der Waals surface area contributed by atoms with Crippen LogP contribution in [0.4, 0.5) is 13.2 Å². The number of amides is 1. The maximum absolute atomic E-state index is 12.9. The summed E-state index contributed by atoms with van der Waals surface area (Å²) >= 11 is 0. The molecule has 3 heterocycles. The lowest BCUT2D eigenvalue weighted by molar-refractivity contribution is -0.154. The molecule has 1 aliphatic rings. The Bertz CT molecular complexity index is 720. The first-order chi connectivity index (χ1) is 10.9. The number of aryl methyl sites for hydroxylation is 1. The molecule has 9 heteroatoms. The lowest BCUT2D eigenvalue weighted by atomic mass is 10.0. The molecular weight excluding hydrogens is 313 g/mol. The van der Waals surface area contributed by atoms with Gasteiger partial charge >= 0.3 is 6.18 Å². The van der Waals surface area contributed by atoms with Crippen LogP contribution in [0.3, 0.4) is 0 Å². The third-order valence-electron chi connectivity index (χ3n) is 3.65. The molecule has 6 nitrogen and oxygen atoms in total. The van der Waals surface area contributed by atoms with E-state index in [0.717, 1.165) is 12.1 Å². The second-order valence-electron chi connectivity index (χ2n) is 5.33. The second kappa shape index (κ2) is 5.73. The van der Waals surface area contributed by atoms with Crippen molar-refractivity contribution in [2.75, 3.05) is 6.54 Å². The van der Waals surface area contributed by atoms with Gasteiger partial charge in [0.2, 0.25) is 11.7 Å². The normalized spacial score (nSPS) is 17.8. The number of imidazole rings is 1. The van der Waals surface area contributed by atoms with E-state index in [1.807, 2.05) is 0 Å². The van der Waals surface area contributed by atoms with Gasteiger partial charge in [-0.3, -0.25) is 4.79 Å². The van der Waals surface area contributed by atoms with E-state index in [9.17, 15) is 18.0 Å². The van der Waals surface area contributed by atoms with Crippen LogP contribution in [0.2, 0.25) is 0 Å². The number of halogens is 3. The van der Waals surface area contributed by atoms with E-state index in [4.69, 9.17) is 4.42 Å². The number of hydrogen-bond donors (Lipinski definition) is 3. The SMILES string of the molecule is Cc1cc(CNC(=O)C2NCCc3[nH]cnc32)c(C(F)(F)F)o1. The van der Waals surface area contributed by atoms with Crippen LogP contribution in [-0.2, 0) is 23.9 Å². The van der Waals surface area contributed by atoms with Crippen molar-refractivity contribution in [3.8, 4) is 0 Å². The average molecular weight is 328 g/mol. The highest BCUT2D eigenvalue weighted by Gasteiger charge is 2.38. The summed E-state index contributed by atoms with van der Waals surface area (Å²) in [5.74, 6) is -1.36. The monoisotopic (exact) mass is 328 g/mol. The minimum atomic E-state index is -4.59. The number of nitrogens with one attached hydrogen (secondary N) is 3. The lowest BCUT2D eigenvalue weighted by Crippen LogP contribution is -2.41. The zero-order valence-corrected chi connectivity index (χ0v) is 12.3. The molecule has 1 unspecified atom stereocenters. The third-order valence-corrected chi connectivity index (χ3v) is 3.65. The predicted molar refractivity (Wildman–Crippen MR) is 73.3 cm³/mol. The summed E-state index contributed by atoms with van der Waals surface area (Å²) in [6, 6.07) is 0.601. The number of carbonyl (C=O) groups is 1. The van der Waals surface area contributed by atoms with Gasteiger partial charge in [0, 0.05) is 30.8 Å². The van der Waals surface area contributed by atoms with Crippen LogP contribution in [0.25, 0.3) is 0 Å². The quantitative estimate of drug-likeness (QED) is 0.803. The number of aromatic nitrogens is 2. The number of aromatic amines is 1. The number of furan rings is 1. The second-order valence-corrected chi connectivity index (χ2v) is 5.33. The van der Waals surface area contributed by atoms with Gasteiger partial charge in [0.15, 0.2) is 0 Å². The third kappa shape index (κ3) is 3.09. The molecule has 0 spiro atoms. The summed E-state index contributed by atoms with van der Waals surface area (Å²) in [6.45, 7) is 1.76. The van der Waals surface area contributed by atoms with E-state index in [1.165, 1.54) is 19.3 Å². The van der Waals surface area contributed by atoms with Crippen LogP contribution in [0, 0.1) is 6.92 Å². The number of nitrogens with zero attached hydrogens (tertiary/aromatic N) is 1. The Morgan fingerprint density at radius 1 is 1.52 bits per heavy atom. The summed E-state index contributed by atoms with van der Waals surface area (Å²) in [6.07, 6.45) is -2.37. The molecule has 0 aromatic carbocycles. The van der Waals surface area contributed by atoms with Crippen molar-refractivity contribution in [2.45, 2.75) is 32.1 Å². The van der Waals surface area contributed by atoms with Gasteiger partial charge in [0.25, 0.3) is 0 Å². The number of H-pyrrole nitrogens is 1. The highest BCUT2D eigenvalue weighted by atomic mass is 19.4. The molecule has 23 heavy (non-hydrogen) atoms. The summed E-state index contributed by atoms with van der Waals surface area (Å²) in [4.78, 5) is 19.3. The van der Waals surface area contributed by atoms with Crippen molar-refractivity contribution in [1.82, 2.24) is 20.6 Å². The number of fused-ring (bicyclic) bond motifs is 1. The Hall–Kier alpha value is -2.29. The van der Waals surface area contributed by atoms with Crippen molar-refractivity contribution >= 4 is 5.91 Å². The van der Waals surface area contributed by atoms with E-state index < -0.39 is 23.9 Å². The highest BCUT2D eigenvalue weighted by molar-refractivity contribution is 5.83. The zero-order chi connectivity index (χ0) is 16.6. The first-order valence-corrected chi connectivity index (χ1v) is 7.06. The average Bonchev–Trinajstić information content (AvgIpc) is 3.09. The van der Waals surface area contributed by atoms with Crippen LogP contribution in [0.5, 0.6) is 0 Å². The van der Waals surface area contributed by atoms with Crippen molar-refractivity contribution < 1.29 is 22.4 Å². The maximum Gasteiger partial charge on any atom is 0.449 e. The fourth-order valence-electron chi connectivity index (χ4n) is 2.66. The van der Waals surface area contributed by atoms with Crippen LogP contribution < -0.4 is 10.6 Å². The summed E-state index contributed by atoms with van der Waals surface area (Å²) in [7, 11) is 0. The van der Waals surface area contributed by atoms with E-state index in [1.54, 1.807) is 0 Å². The molecular formula is C14H15F3N4O2. The van der Waals surface area contributed by atoms with Crippen LogP contribution in [-0.4, -0.2) is 22.4 Å². The maximum atomic E-state index is 12.9. The number of carbonyl (C=O) groups excluding carboxylic acids is 1. The fourth-order valence-corrected chi connectivity index (χ4v) is 2.66. The Morgan fingerprint density at radius 2 is 2.30 bits per heavy atom. The first-order valence-electron chi connectivity index (χ1n) is 7.06. The standard InChI is InChI=1S/C14H15F3N4O2/c1-7-4-8(12(23-7)14(15,16)17)5-19-13(22)11-10-9(2-3-18-11)20-6-21-10/h4,6,11,18H,2-3,5H2,1H3,(H,19,22)(H,20,21). The number of rotatable bonds is 3. The molecule has 2 aromatic rings. The van der Waals surface area contributed by atoms with Gasteiger partial charge in [-0.1, -0.05) is 0 Å². The zero-order valence-electron chi connectivity index (χ0n) is 12.3. The molecule has 0 bridgehead atoms. The van der Waals surface area contributed by atoms with E-state index in [2.05, 4.69) is 20.6 Å². The van der Waals surface area contributed by atoms with Crippen LogP contribution in [0.1, 0.15) is 34.5 Å². The summed E-state index contributed by atoms with van der Waals surface area (Å²) in [5.41, 5.74) is 1.34. The van der Waals surface area contributed by atoms with Gasteiger partial charge in [-0.2, -0.15) is 13.2 Å². The van der Waals surface area contributed by atoms with Gasteiger partial charge in [0.1, 0.15) is 11.8 Å². The van der Waals surface area contributed by atoms with Crippen molar-refractivity contribution in [3.63, 3.8) is 0 Å². The molecule has 0 saturated carbocycles. The van der Waals surface area contributed by atoms with Gasteiger partial charge < -0.3 is 20.0 Å². The molecule has 0 saturated heterocycles. The molecule has 124 valence electrons. The Balaban J connectivity index is 1.72. The van der Waals surface area contributed by atoms with Crippen molar-refractivity contribution in [2.24, 2.45) is 0 Å². The van der Waals surface area contributed by atoms with Crippen LogP contribution in [0.15, 0.2) is 16.8 Å². The van der Waals surface area contributed by atoms with Crippen molar-refractivity contribution in [1.29, 1.82) is 0 Å². The summed E-state index contributed by atoms with van der Waals surface area (Å²) < 4.78 is 43.3. The van der Waals surface area contributed by atoms with E-state index in [-0.39, 0.29) is 17.9 Å². The molecule has 1 atom stereocenters. The van der Waals surface area contributed by atoms with Gasteiger partial charge in [-0.05, 0) is 13.0 Å². The van der Waals surface area contributed by atoms with Crippen molar-refractivity contribution in [3.05, 3.63) is 40.9 Å². The summed E-state index contributed by atoms with van der Waals surface area (Å²) in [5, 5.41) is 5.52. The Morgan fingerprint density at radius 3 is 3.04 bits per heavy atom. The van der Waals surface area contributed by atoms with E-state index >= 15 is 0 Å². The predicted octanol–water partition coefficient (Wildman–Crippen LogP) is 1.83. The molecule has 1 amide bonds. The topological polar surface area (TPSA) is 83.0 Å². The van der Waals surface area contributed by atoms with Crippen LogP contribution >= 0.6 is 0 Å². The Kier molecular flexibility index (Phi) is 3.88. The lowest BCUT2D eigenvalue weighted by Gasteiger charge is -2.22. The Labute approximate surface area is 129 Å². The fraction of sp³-hybridized carbons (Fsp3) is 0.429. The van der Waals surface area contributed by atoms with Gasteiger partial charge in [-0.25, -0.2) is 4.98 Å². The molecule has 0 radical (unpaired) electrons. The van der Waals surface area contributed by atoms with Gasteiger partial charge in [-0.15, -0.1) is 0 Å². The first kappa shape index (κ1) is 15.6. The molecule has 1 aliphatic heterocycles. The minimum absolute atomic E-state index is 0.0959.